The van der Waals surface area contributed by atoms with Gasteiger partial charge in [0.15, 0.2) is 0 Å². The number of likely N-dealkylation sites (N-methyl/N-ethyl adjacent to an activating group) is 1. The molecule has 1 saturated heterocycles. The number of piperidine rings is 1. The third kappa shape index (κ3) is 5.57. The van der Waals surface area contributed by atoms with Crippen LogP contribution in [0.15, 0.2) is 48.7 Å². The van der Waals surface area contributed by atoms with Gasteiger partial charge in [-0.3, -0.25) is 9.78 Å². The Labute approximate surface area is 176 Å². The van der Waals surface area contributed by atoms with Crippen molar-refractivity contribution in [2.45, 2.75) is 25.3 Å². The molecular weight excluding hydrogens is 393 g/mol. The number of halogens is 2. The van der Waals surface area contributed by atoms with Crippen LogP contribution in [0.2, 0.25) is 10.0 Å². The summed E-state index contributed by atoms with van der Waals surface area (Å²) in [4.78, 5) is 21.2. The number of nitrogens with zero attached hydrogens (tertiary/aromatic N) is 3. The van der Waals surface area contributed by atoms with Crippen LogP contribution < -0.4 is 0 Å². The molecule has 0 aliphatic carbocycles. The first kappa shape index (κ1) is 20.8. The van der Waals surface area contributed by atoms with E-state index in [4.69, 9.17) is 23.2 Å². The molecule has 2 aromatic rings. The summed E-state index contributed by atoms with van der Waals surface area (Å²) in [6.45, 7) is 3.00. The molecule has 3 rings (SSSR count). The lowest BCUT2D eigenvalue weighted by Gasteiger charge is -2.36. The monoisotopic (exact) mass is 417 g/mol. The van der Waals surface area contributed by atoms with Gasteiger partial charge in [-0.25, -0.2) is 0 Å². The molecule has 1 fully saturated rings. The Kier molecular flexibility index (Phi) is 7.49. The Morgan fingerprint density at radius 2 is 1.89 bits per heavy atom. The van der Waals surface area contributed by atoms with Gasteiger partial charge >= 0.3 is 0 Å². The summed E-state index contributed by atoms with van der Waals surface area (Å²) in [5.74, 6) is -0.0251. The highest BCUT2D eigenvalue weighted by atomic mass is 35.5. The van der Waals surface area contributed by atoms with E-state index in [1.54, 1.807) is 30.4 Å². The number of amides is 1. The molecule has 0 radical (unpaired) electrons. The number of hydrogen-bond acceptors (Lipinski definition) is 3. The first-order valence-corrected chi connectivity index (χ1v) is 10.3. The second-order valence-electron chi connectivity index (χ2n) is 7.06. The maximum atomic E-state index is 12.6. The van der Waals surface area contributed by atoms with E-state index < -0.39 is 0 Å². The summed E-state index contributed by atoms with van der Waals surface area (Å²) >= 11 is 12.3. The minimum absolute atomic E-state index is 0.0251. The Hall–Kier alpha value is -1.88. The molecule has 148 valence electrons. The Bertz CT molecular complexity index is 798. The lowest BCUT2D eigenvalue weighted by molar-refractivity contribution is -0.127. The van der Waals surface area contributed by atoms with Crippen molar-refractivity contribution in [3.8, 4) is 0 Å². The predicted octanol–water partition coefficient (Wildman–Crippen LogP) is 4.57. The van der Waals surface area contributed by atoms with Crippen LogP contribution in [0.1, 0.15) is 24.1 Å². The Morgan fingerprint density at radius 3 is 2.54 bits per heavy atom. The molecule has 0 N–H and O–H groups in total. The molecule has 6 heteroatoms. The molecule has 1 aliphatic heterocycles. The fraction of sp³-hybridized carbons (Fsp3) is 0.364. The molecule has 1 aromatic carbocycles. The van der Waals surface area contributed by atoms with Crippen molar-refractivity contribution in [1.82, 2.24) is 14.8 Å². The summed E-state index contributed by atoms with van der Waals surface area (Å²) < 4.78 is 0. The molecule has 4 nitrogen and oxygen atoms in total. The maximum absolute atomic E-state index is 12.6. The quantitative estimate of drug-likeness (QED) is 0.645. The number of likely N-dealkylation sites (tertiary alicyclic amines) is 1. The van der Waals surface area contributed by atoms with Crippen molar-refractivity contribution in [2.24, 2.45) is 0 Å². The van der Waals surface area contributed by atoms with Gasteiger partial charge in [-0.1, -0.05) is 35.3 Å². The molecule has 1 amide bonds. The predicted molar refractivity (Wildman–Crippen MR) is 116 cm³/mol. The number of aromatic nitrogens is 1. The molecule has 1 aromatic heterocycles. The number of carbonyl (C=O) groups excluding carboxylic acids is 1. The fourth-order valence-electron chi connectivity index (χ4n) is 3.47. The third-order valence-electron chi connectivity index (χ3n) is 5.26. The van der Waals surface area contributed by atoms with Gasteiger partial charge in [-0.05, 0) is 43.2 Å². The van der Waals surface area contributed by atoms with E-state index in [-0.39, 0.29) is 11.9 Å². The number of hydrogen-bond donors (Lipinski definition) is 0. The summed E-state index contributed by atoms with van der Waals surface area (Å²) in [7, 11) is 1.87. The normalized spacial score (nSPS) is 15.8. The first-order chi connectivity index (χ1) is 13.5. The van der Waals surface area contributed by atoms with Gasteiger partial charge in [0.05, 0.1) is 0 Å². The SMILES string of the molecule is CN(C(=O)/C=C/c1c(Cl)cccc1Cl)C1CCN(CCc2ccccn2)CC1. The molecular formula is C22H25Cl2N3O. The highest BCUT2D eigenvalue weighted by molar-refractivity contribution is 6.37. The van der Waals surface area contributed by atoms with E-state index in [1.807, 2.05) is 30.3 Å². The van der Waals surface area contributed by atoms with Crippen LogP contribution in [0.4, 0.5) is 0 Å². The molecule has 0 saturated carbocycles. The van der Waals surface area contributed by atoms with Gasteiger partial charge in [0, 0.05) is 72.7 Å². The standard InChI is InChI=1S/C22H25Cl2N3O/c1-26(22(28)9-8-19-20(23)6-4-7-21(19)24)18-11-15-27(16-12-18)14-10-17-5-2-3-13-25-17/h2-9,13,18H,10-12,14-16H2,1H3/b9-8+. The van der Waals surface area contributed by atoms with Crippen molar-refractivity contribution >= 4 is 35.2 Å². The number of carbonyl (C=O) groups is 1. The molecule has 0 spiro atoms. The third-order valence-corrected chi connectivity index (χ3v) is 5.91. The van der Waals surface area contributed by atoms with Gasteiger partial charge in [0.1, 0.15) is 0 Å². The molecule has 28 heavy (non-hydrogen) atoms. The molecule has 2 heterocycles. The van der Waals surface area contributed by atoms with Gasteiger partial charge in [-0.2, -0.15) is 0 Å². The zero-order valence-electron chi connectivity index (χ0n) is 16.0. The second-order valence-corrected chi connectivity index (χ2v) is 7.88. The molecule has 1 aliphatic rings. The molecule has 0 atom stereocenters. The van der Waals surface area contributed by atoms with Crippen molar-refractivity contribution < 1.29 is 4.79 Å². The number of benzene rings is 1. The highest BCUT2D eigenvalue weighted by Gasteiger charge is 2.24. The fourth-order valence-corrected chi connectivity index (χ4v) is 3.99. The van der Waals surface area contributed by atoms with Crippen molar-refractivity contribution in [2.75, 3.05) is 26.7 Å². The highest BCUT2D eigenvalue weighted by Crippen LogP contribution is 2.25. The largest absolute Gasteiger partial charge is 0.339 e. The number of pyridine rings is 1. The lowest BCUT2D eigenvalue weighted by Crippen LogP contribution is -2.45. The molecule has 0 bridgehead atoms. The topological polar surface area (TPSA) is 36.4 Å². The van der Waals surface area contributed by atoms with Crippen molar-refractivity contribution in [3.63, 3.8) is 0 Å². The average Bonchev–Trinajstić information content (AvgIpc) is 2.72. The smallest absolute Gasteiger partial charge is 0.246 e. The zero-order valence-corrected chi connectivity index (χ0v) is 17.5. The zero-order chi connectivity index (χ0) is 19.9. The first-order valence-electron chi connectivity index (χ1n) is 9.56. The van der Waals surface area contributed by atoms with Crippen LogP contribution in [-0.4, -0.2) is 53.4 Å². The maximum Gasteiger partial charge on any atom is 0.246 e. The van der Waals surface area contributed by atoms with Crippen LogP contribution in [0.5, 0.6) is 0 Å². The van der Waals surface area contributed by atoms with Crippen LogP contribution in [0.25, 0.3) is 6.08 Å². The van der Waals surface area contributed by atoms with Crippen LogP contribution in [-0.2, 0) is 11.2 Å². The summed E-state index contributed by atoms with van der Waals surface area (Å²) in [6, 6.07) is 11.6. The van der Waals surface area contributed by atoms with E-state index in [0.717, 1.165) is 44.6 Å². The van der Waals surface area contributed by atoms with Crippen LogP contribution in [0.3, 0.4) is 0 Å². The summed E-state index contributed by atoms with van der Waals surface area (Å²) in [5, 5.41) is 1.08. The van der Waals surface area contributed by atoms with Gasteiger partial charge in [-0.15, -0.1) is 0 Å². The van der Waals surface area contributed by atoms with Gasteiger partial charge in [0.2, 0.25) is 5.91 Å². The van der Waals surface area contributed by atoms with Gasteiger partial charge < -0.3 is 9.80 Å². The van der Waals surface area contributed by atoms with E-state index in [9.17, 15) is 4.79 Å². The number of rotatable bonds is 6. The van der Waals surface area contributed by atoms with E-state index in [1.165, 1.54) is 0 Å². The van der Waals surface area contributed by atoms with E-state index in [2.05, 4.69) is 16.0 Å². The van der Waals surface area contributed by atoms with Gasteiger partial charge in [0.25, 0.3) is 0 Å². The Morgan fingerprint density at radius 1 is 1.18 bits per heavy atom. The minimum atomic E-state index is -0.0251. The van der Waals surface area contributed by atoms with Crippen molar-refractivity contribution in [1.29, 1.82) is 0 Å². The molecule has 0 unspecified atom stereocenters. The van der Waals surface area contributed by atoms with E-state index in [0.29, 0.717) is 15.6 Å². The summed E-state index contributed by atoms with van der Waals surface area (Å²) in [6.07, 6.45) is 8.01. The second kappa shape index (κ2) is 10.1. The minimum Gasteiger partial charge on any atom is -0.339 e. The van der Waals surface area contributed by atoms with Crippen molar-refractivity contribution in [3.05, 3.63) is 70.0 Å². The average molecular weight is 418 g/mol. The van der Waals surface area contributed by atoms with E-state index >= 15 is 0 Å². The summed E-state index contributed by atoms with van der Waals surface area (Å²) in [5.41, 5.74) is 1.80. The van der Waals surface area contributed by atoms with Crippen LogP contribution in [0, 0.1) is 0 Å². The lowest BCUT2D eigenvalue weighted by atomic mass is 10.0. The Balaban J connectivity index is 1.48. The van der Waals surface area contributed by atoms with Crippen LogP contribution >= 0.6 is 23.2 Å².